The van der Waals surface area contributed by atoms with E-state index in [9.17, 15) is 0 Å². The largest absolute Gasteiger partial charge is 0.175 e. The molecule has 1 heteroatoms. The van der Waals surface area contributed by atoms with Crippen LogP contribution in [0.4, 0.5) is 0 Å². The van der Waals surface area contributed by atoms with Crippen molar-refractivity contribution in [2.45, 2.75) is 105 Å². The van der Waals surface area contributed by atoms with Gasteiger partial charge in [-0.2, -0.15) is 12.6 Å². The van der Waals surface area contributed by atoms with Gasteiger partial charge in [0.2, 0.25) is 0 Å². The molecular weight excluding hydrogens is 368 g/mol. The van der Waals surface area contributed by atoms with E-state index in [4.69, 9.17) is 0 Å². The van der Waals surface area contributed by atoms with Gasteiger partial charge in [-0.3, -0.25) is 0 Å². The topological polar surface area (TPSA) is 0 Å². The van der Waals surface area contributed by atoms with Crippen molar-refractivity contribution < 1.29 is 0 Å². The van der Waals surface area contributed by atoms with E-state index in [1.807, 2.05) is 0 Å². The smallest absolute Gasteiger partial charge is 0.0113 e. The Morgan fingerprint density at radius 1 is 0.966 bits per heavy atom. The van der Waals surface area contributed by atoms with Crippen LogP contribution in [0, 0.1) is 52.3 Å². The molecule has 0 heterocycles. The summed E-state index contributed by atoms with van der Waals surface area (Å²) in [4.78, 5) is 0. The Morgan fingerprint density at radius 2 is 1.72 bits per heavy atom. The van der Waals surface area contributed by atoms with Gasteiger partial charge in [0, 0.05) is 5.75 Å². The number of thiol groups is 1. The van der Waals surface area contributed by atoms with Crippen molar-refractivity contribution in [1.82, 2.24) is 0 Å². The molecule has 0 aromatic heterocycles. The van der Waals surface area contributed by atoms with Crippen LogP contribution in [0.3, 0.4) is 0 Å². The third-order valence-electron chi connectivity index (χ3n) is 10.8. The van der Waals surface area contributed by atoms with Crippen LogP contribution in [-0.4, -0.2) is 5.75 Å². The highest BCUT2D eigenvalue weighted by molar-refractivity contribution is 7.80. The molecule has 4 rings (SSSR count). The zero-order valence-electron chi connectivity index (χ0n) is 20.1. The first-order valence-electron chi connectivity index (χ1n) is 13.1. The van der Waals surface area contributed by atoms with Gasteiger partial charge in [0.1, 0.15) is 0 Å². The molecule has 166 valence electrons. The average Bonchev–Trinajstić information content (AvgIpc) is 3.04. The van der Waals surface area contributed by atoms with E-state index in [0.717, 1.165) is 47.2 Å². The maximum atomic E-state index is 4.66. The fraction of sp³-hybridized carbons (Fsp3) is 0.929. The summed E-state index contributed by atoms with van der Waals surface area (Å²) >= 11 is 4.66. The van der Waals surface area contributed by atoms with Gasteiger partial charge in [0.05, 0.1) is 0 Å². The van der Waals surface area contributed by atoms with Crippen molar-refractivity contribution in [3.63, 3.8) is 0 Å². The number of hydrogen-bond acceptors (Lipinski definition) is 1. The molecule has 8 atom stereocenters. The molecule has 3 saturated carbocycles. The maximum absolute atomic E-state index is 4.66. The van der Waals surface area contributed by atoms with Crippen LogP contribution in [0.5, 0.6) is 0 Å². The highest BCUT2D eigenvalue weighted by atomic mass is 32.1. The van der Waals surface area contributed by atoms with Crippen LogP contribution in [0.25, 0.3) is 0 Å². The fourth-order valence-electron chi connectivity index (χ4n) is 9.21. The molecule has 0 bridgehead atoms. The van der Waals surface area contributed by atoms with Gasteiger partial charge in [-0.15, -0.1) is 0 Å². The third-order valence-corrected chi connectivity index (χ3v) is 11.2. The first kappa shape index (κ1) is 22.3. The minimum absolute atomic E-state index is 0.567. The Bertz CT molecular complexity index is 605. The molecular formula is C28H48S. The second-order valence-corrected chi connectivity index (χ2v) is 12.9. The zero-order chi connectivity index (χ0) is 20.8. The minimum Gasteiger partial charge on any atom is -0.175 e. The van der Waals surface area contributed by atoms with Gasteiger partial charge >= 0.3 is 0 Å². The Balaban J connectivity index is 1.48. The fourth-order valence-corrected chi connectivity index (χ4v) is 9.45. The number of fused-ring (bicyclic) bond motifs is 5. The maximum Gasteiger partial charge on any atom is 0.0113 e. The van der Waals surface area contributed by atoms with Gasteiger partial charge in [-0.05, 0) is 104 Å². The van der Waals surface area contributed by atoms with Crippen LogP contribution in [-0.2, 0) is 0 Å². The normalized spacial score (nSPS) is 45.3. The molecule has 0 saturated heterocycles. The van der Waals surface area contributed by atoms with Crippen LogP contribution in [0.2, 0.25) is 0 Å². The van der Waals surface area contributed by atoms with Gasteiger partial charge in [0.15, 0.2) is 0 Å². The Morgan fingerprint density at radius 3 is 2.45 bits per heavy atom. The predicted molar refractivity (Wildman–Crippen MR) is 130 cm³/mol. The van der Waals surface area contributed by atoms with Crippen molar-refractivity contribution in [3.05, 3.63) is 11.6 Å². The van der Waals surface area contributed by atoms with Crippen LogP contribution < -0.4 is 0 Å². The van der Waals surface area contributed by atoms with Crippen molar-refractivity contribution in [1.29, 1.82) is 0 Å². The molecule has 0 aromatic carbocycles. The lowest BCUT2D eigenvalue weighted by Crippen LogP contribution is -2.53. The Labute approximate surface area is 187 Å². The van der Waals surface area contributed by atoms with E-state index in [-0.39, 0.29) is 0 Å². The average molecular weight is 417 g/mol. The summed E-state index contributed by atoms with van der Waals surface area (Å²) in [6.45, 7) is 12.8. The molecule has 4 aliphatic rings. The minimum atomic E-state index is 0.567. The summed E-state index contributed by atoms with van der Waals surface area (Å²) in [7, 11) is 0. The standard InChI is InChI=1S/C28H48S/c1-19(2)7-6-8-20(3)24-13-14-25-23-12-11-22-10-9-21(18-29)17-28(22,5)26(23)15-16-27(24,25)4/h9,19-20,22-26,29H,6-8,10-18H2,1-5H3. The highest BCUT2D eigenvalue weighted by Crippen LogP contribution is 2.68. The molecule has 0 N–H and O–H groups in total. The van der Waals surface area contributed by atoms with Gasteiger partial charge < -0.3 is 0 Å². The van der Waals surface area contributed by atoms with Crippen molar-refractivity contribution in [3.8, 4) is 0 Å². The van der Waals surface area contributed by atoms with E-state index in [2.05, 4.69) is 53.3 Å². The summed E-state index contributed by atoms with van der Waals surface area (Å²) < 4.78 is 0. The van der Waals surface area contributed by atoms with Gasteiger partial charge in [-0.25, -0.2) is 0 Å². The molecule has 3 fully saturated rings. The van der Waals surface area contributed by atoms with Gasteiger partial charge in [-0.1, -0.05) is 65.5 Å². The SMILES string of the molecule is CC(C)CCCC(C)C1CCC2C3CCC4CC=C(CS)CC4(C)C3CCC12C. The second-order valence-electron chi connectivity index (χ2n) is 12.6. The van der Waals surface area contributed by atoms with Crippen LogP contribution in [0.1, 0.15) is 105 Å². The first-order valence-corrected chi connectivity index (χ1v) is 13.7. The quantitative estimate of drug-likeness (QED) is 0.325. The first-order chi connectivity index (χ1) is 13.8. The van der Waals surface area contributed by atoms with Crippen LogP contribution >= 0.6 is 12.6 Å². The lowest BCUT2D eigenvalue weighted by atomic mass is 9.44. The summed E-state index contributed by atoms with van der Waals surface area (Å²) in [6.07, 6.45) is 18.7. The summed E-state index contributed by atoms with van der Waals surface area (Å²) in [5.74, 6) is 7.74. The van der Waals surface area contributed by atoms with E-state index < -0.39 is 0 Å². The monoisotopic (exact) mass is 416 g/mol. The molecule has 0 aliphatic heterocycles. The van der Waals surface area contributed by atoms with Crippen LogP contribution in [0.15, 0.2) is 11.6 Å². The van der Waals surface area contributed by atoms with E-state index >= 15 is 0 Å². The lowest BCUT2D eigenvalue weighted by Gasteiger charge is -2.60. The summed E-state index contributed by atoms with van der Waals surface area (Å²) in [6, 6.07) is 0. The molecule has 0 spiro atoms. The Kier molecular flexibility index (Phi) is 6.57. The molecule has 8 unspecified atom stereocenters. The van der Waals surface area contributed by atoms with Crippen molar-refractivity contribution >= 4 is 12.6 Å². The lowest BCUT2D eigenvalue weighted by molar-refractivity contribution is -0.102. The molecule has 0 aromatic rings. The second kappa shape index (κ2) is 8.55. The highest BCUT2D eigenvalue weighted by Gasteiger charge is 2.60. The molecule has 0 nitrogen and oxygen atoms in total. The summed E-state index contributed by atoms with van der Waals surface area (Å²) in [5, 5.41) is 0. The predicted octanol–water partition coefficient (Wildman–Crippen LogP) is 8.57. The Hall–Kier alpha value is 0.0900. The molecule has 29 heavy (non-hydrogen) atoms. The molecule has 4 aliphatic carbocycles. The van der Waals surface area contributed by atoms with Gasteiger partial charge in [0.25, 0.3) is 0 Å². The van der Waals surface area contributed by atoms with E-state index in [1.54, 1.807) is 5.57 Å². The number of hydrogen-bond donors (Lipinski definition) is 1. The van der Waals surface area contributed by atoms with E-state index in [1.165, 1.54) is 70.6 Å². The summed E-state index contributed by atoms with van der Waals surface area (Å²) in [5.41, 5.74) is 2.85. The van der Waals surface area contributed by atoms with E-state index in [0.29, 0.717) is 10.8 Å². The number of rotatable bonds is 6. The number of allylic oxidation sites excluding steroid dienone is 1. The van der Waals surface area contributed by atoms with Crippen molar-refractivity contribution in [2.24, 2.45) is 52.3 Å². The zero-order valence-corrected chi connectivity index (χ0v) is 20.9. The molecule has 0 radical (unpaired) electrons. The molecule has 0 amide bonds. The van der Waals surface area contributed by atoms with Crippen molar-refractivity contribution in [2.75, 3.05) is 5.75 Å². The third kappa shape index (κ3) is 3.89.